The molecule has 152 valence electrons. The first-order chi connectivity index (χ1) is 14.2. The molecule has 0 unspecified atom stereocenters. The van der Waals surface area contributed by atoms with Gasteiger partial charge in [-0.3, -0.25) is 0 Å². The Bertz CT molecular complexity index is 1050. The highest BCUT2D eigenvalue weighted by molar-refractivity contribution is 9.10. The number of nitrogens with zero attached hydrogens (tertiary/aromatic N) is 4. The number of aromatic nitrogens is 4. The zero-order chi connectivity index (χ0) is 19.8. The lowest BCUT2D eigenvalue weighted by Gasteiger charge is -2.23. The molecule has 3 aromatic rings. The van der Waals surface area contributed by atoms with Gasteiger partial charge in [0.25, 0.3) is 0 Å². The Hall–Kier alpha value is -2.04. The van der Waals surface area contributed by atoms with Crippen LogP contribution in [-0.2, 0) is 6.54 Å². The monoisotopic (exact) mass is 476 g/mol. The van der Waals surface area contributed by atoms with Crippen molar-refractivity contribution in [1.82, 2.24) is 24.8 Å². The van der Waals surface area contributed by atoms with E-state index >= 15 is 0 Å². The SMILES string of the molecule is Nc1ncnc2c1nc(Sc1cc3c(cc1Br)OCO3)n2CC[C@H]1CCCCN1. The number of nitrogens with two attached hydrogens (primary N) is 1. The zero-order valence-electron chi connectivity index (χ0n) is 15.7. The van der Waals surface area contributed by atoms with E-state index in [4.69, 9.17) is 20.2 Å². The Balaban J connectivity index is 1.48. The van der Waals surface area contributed by atoms with Crippen molar-refractivity contribution in [2.24, 2.45) is 0 Å². The molecule has 10 heteroatoms. The van der Waals surface area contributed by atoms with Crippen LogP contribution in [0.25, 0.3) is 11.2 Å². The minimum absolute atomic E-state index is 0.245. The van der Waals surface area contributed by atoms with Crippen LogP contribution in [0.5, 0.6) is 11.5 Å². The maximum Gasteiger partial charge on any atom is 0.231 e. The van der Waals surface area contributed by atoms with Crippen molar-refractivity contribution in [1.29, 1.82) is 0 Å². The Morgan fingerprint density at radius 2 is 2.10 bits per heavy atom. The van der Waals surface area contributed by atoms with E-state index in [1.165, 1.54) is 25.6 Å². The number of halogens is 1. The molecule has 0 spiro atoms. The van der Waals surface area contributed by atoms with E-state index < -0.39 is 0 Å². The van der Waals surface area contributed by atoms with E-state index in [9.17, 15) is 0 Å². The number of nitrogens with one attached hydrogen (secondary N) is 1. The Morgan fingerprint density at radius 1 is 1.24 bits per heavy atom. The molecule has 0 aliphatic carbocycles. The second-order valence-corrected chi connectivity index (χ2v) is 9.01. The molecule has 2 aromatic heterocycles. The summed E-state index contributed by atoms with van der Waals surface area (Å²) in [6, 6.07) is 4.42. The van der Waals surface area contributed by atoms with Crippen molar-refractivity contribution in [3.63, 3.8) is 0 Å². The van der Waals surface area contributed by atoms with Crippen LogP contribution in [0.1, 0.15) is 25.7 Å². The van der Waals surface area contributed by atoms with Gasteiger partial charge in [-0.15, -0.1) is 0 Å². The summed E-state index contributed by atoms with van der Waals surface area (Å²) in [7, 11) is 0. The van der Waals surface area contributed by atoms with Gasteiger partial charge in [0.15, 0.2) is 33.6 Å². The second-order valence-electron chi connectivity index (χ2n) is 7.15. The summed E-state index contributed by atoms with van der Waals surface area (Å²) in [6.07, 6.45) is 6.27. The van der Waals surface area contributed by atoms with Crippen LogP contribution >= 0.6 is 27.7 Å². The average Bonchev–Trinajstić information content (AvgIpc) is 3.32. The summed E-state index contributed by atoms with van der Waals surface area (Å²) in [4.78, 5) is 14.3. The number of piperidine rings is 1. The summed E-state index contributed by atoms with van der Waals surface area (Å²) in [5.74, 6) is 1.88. The lowest BCUT2D eigenvalue weighted by molar-refractivity contribution is 0.174. The summed E-state index contributed by atoms with van der Waals surface area (Å²) in [5, 5.41) is 4.45. The van der Waals surface area contributed by atoms with Gasteiger partial charge in [0.05, 0.1) is 0 Å². The van der Waals surface area contributed by atoms with Crippen LogP contribution in [0.3, 0.4) is 0 Å². The van der Waals surface area contributed by atoms with Crippen LogP contribution < -0.4 is 20.5 Å². The number of nitrogen functional groups attached to an aromatic ring is 1. The highest BCUT2D eigenvalue weighted by atomic mass is 79.9. The van der Waals surface area contributed by atoms with Crippen LogP contribution in [0, 0.1) is 0 Å². The zero-order valence-corrected chi connectivity index (χ0v) is 18.1. The third kappa shape index (κ3) is 3.76. The summed E-state index contributed by atoms with van der Waals surface area (Å²) >= 11 is 5.19. The smallest absolute Gasteiger partial charge is 0.231 e. The molecule has 1 aromatic carbocycles. The Kier molecular flexibility index (Phi) is 5.23. The predicted octanol–water partition coefficient (Wildman–Crippen LogP) is 3.58. The largest absolute Gasteiger partial charge is 0.454 e. The number of benzene rings is 1. The lowest BCUT2D eigenvalue weighted by Crippen LogP contribution is -2.34. The first kappa shape index (κ1) is 19.0. The van der Waals surface area contributed by atoms with Crippen molar-refractivity contribution >= 4 is 44.7 Å². The fraction of sp³-hybridized carbons (Fsp3) is 0.421. The molecule has 2 aliphatic heterocycles. The lowest BCUT2D eigenvalue weighted by atomic mass is 10.0. The third-order valence-corrected chi connectivity index (χ3v) is 7.24. The maximum absolute atomic E-state index is 6.08. The summed E-state index contributed by atoms with van der Waals surface area (Å²) in [5.41, 5.74) is 7.49. The van der Waals surface area contributed by atoms with Gasteiger partial charge >= 0.3 is 0 Å². The van der Waals surface area contributed by atoms with Crippen LogP contribution in [0.2, 0.25) is 0 Å². The highest BCUT2D eigenvalue weighted by Gasteiger charge is 2.21. The normalized spacial score (nSPS) is 18.4. The van der Waals surface area contributed by atoms with E-state index in [0.29, 0.717) is 17.4 Å². The molecule has 0 bridgehead atoms. The molecule has 0 radical (unpaired) electrons. The third-order valence-electron chi connectivity index (χ3n) is 5.27. The van der Waals surface area contributed by atoms with E-state index in [0.717, 1.165) is 51.2 Å². The molecule has 1 fully saturated rings. The molecule has 4 heterocycles. The quantitative estimate of drug-likeness (QED) is 0.575. The van der Waals surface area contributed by atoms with Gasteiger partial charge in [0.2, 0.25) is 6.79 Å². The van der Waals surface area contributed by atoms with Gasteiger partial charge in [-0.05, 0) is 53.9 Å². The van der Waals surface area contributed by atoms with Crippen molar-refractivity contribution in [2.45, 2.75) is 48.3 Å². The minimum atomic E-state index is 0.245. The van der Waals surface area contributed by atoms with Gasteiger partial charge < -0.3 is 25.1 Å². The van der Waals surface area contributed by atoms with Gasteiger partial charge in [-0.25, -0.2) is 15.0 Å². The molecular formula is C19H21BrN6O2S. The fourth-order valence-electron chi connectivity index (χ4n) is 3.74. The van der Waals surface area contributed by atoms with Gasteiger partial charge in [0.1, 0.15) is 6.33 Å². The molecule has 2 aliphatic rings. The number of hydrogen-bond donors (Lipinski definition) is 2. The molecular weight excluding hydrogens is 456 g/mol. The fourth-order valence-corrected chi connectivity index (χ4v) is 5.25. The van der Waals surface area contributed by atoms with E-state index in [-0.39, 0.29) is 6.79 Å². The number of imidazole rings is 1. The summed E-state index contributed by atoms with van der Waals surface area (Å²) in [6.45, 7) is 2.15. The van der Waals surface area contributed by atoms with Crippen molar-refractivity contribution < 1.29 is 9.47 Å². The number of fused-ring (bicyclic) bond motifs is 2. The molecule has 0 saturated carbocycles. The summed E-state index contributed by atoms with van der Waals surface area (Å²) < 4.78 is 14.1. The van der Waals surface area contributed by atoms with Crippen LogP contribution in [0.4, 0.5) is 5.82 Å². The Morgan fingerprint density at radius 3 is 2.93 bits per heavy atom. The first-order valence-corrected chi connectivity index (χ1v) is 11.3. The number of aryl methyl sites for hydroxylation is 1. The van der Waals surface area contributed by atoms with Gasteiger partial charge in [-0.1, -0.05) is 18.2 Å². The predicted molar refractivity (Wildman–Crippen MR) is 114 cm³/mol. The number of hydrogen-bond acceptors (Lipinski definition) is 8. The molecule has 0 amide bonds. The standard InChI is InChI=1S/C19H21BrN6O2S/c20-12-7-13-14(28-10-27-13)8-15(12)29-19-25-16-17(21)23-9-24-18(16)26(19)6-4-11-3-1-2-5-22-11/h7-9,11,22H,1-6,10H2,(H2,21,23,24)/t11-/m1/s1. The van der Waals surface area contributed by atoms with Crippen LogP contribution in [-0.4, -0.2) is 38.9 Å². The number of anilines is 1. The molecule has 3 N–H and O–H groups in total. The van der Waals surface area contributed by atoms with E-state index in [1.807, 2.05) is 12.1 Å². The number of rotatable bonds is 5. The van der Waals surface area contributed by atoms with Gasteiger partial charge in [0, 0.05) is 22.0 Å². The average molecular weight is 477 g/mol. The highest BCUT2D eigenvalue weighted by Crippen LogP contribution is 2.43. The number of ether oxygens (including phenoxy) is 2. The van der Waals surface area contributed by atoms with Crippen molar-refractivity contribution in [3.05, 3.63) is 22.9 Å². The van der Waals surface area contributed by atoms with Crippen molar-refractivity contribution in [3.8, 4) is 11.5 Å². The van der Waals surface area contributed by atoms with Crippen LogP contribution in [0.15, 0.2) is 33.0 Å². The molecule has 1 saturated heterocycles. The molecule has 1 atom stereocenters. The van der Waals surface area contributed by atoms with Gasteiger partial charge in [-0.2, -0.15) is 0 Å². The van der Waals surface area contributed by atoms with E-state index in [2.05, 4.69) is 35.8 Å². The topological polar surface area (TPSA) is 100 Å². The second kappa shape index (κ2) is 8.00. The molecule has 8 nitrogen and oxygen atoms in total. The molecule has 5 rings (SSSR count). The maximum atomic E-state index is 6.08. The Labute approximate surface area is 180 Å². The molecule has 29 heavy (non-hydrogen) atoms. The first-order valence-electron chi connectivity index (χ1n) is 9.66. The van der Waals surface area contributed by atoms with E-state index in [1.54, 1.807) is 11.8 Å². The van der Waals surface area contributed by atoms with Crippen molar-refractivity contribution in [2.75, 3.05) is 19.1 Å². The minimum Gasteiger partial charge on any atom is -0.454 e.